The standard InChI is InChI=1S/C16H22F2N2O2/c1-15(2,3)22-14(21)20-10-9-19-11-13(20)16(17,18)12-7-5-4-6-8-12/h4-8,13,19H,9-11H2,1-3H3. The zero-order chi connectivity index (χ0) is 16.4. The summed E-state index contributed by atoms with van der Waals surface area (Å²) in [4.78, 5) is 13.4. The molecule has 0 bridgehead atoms. The number of hydrogen-bond donors (Lipinski definition) is 1. The maximum atomic E-state index is 14.8. The van der Waals surface area contributed by atoms with Crippen molar-refractivity contribution in [2.45, 2.75) is 38.3 Å². The molecule has 0 saturated carbocycles. The Balaban J connectivity index is 2.24. The fourth-order valence-corrected chi connectivity index (χ4v) is 2.42. The molecule has 0 aliphatic carbocycles. The van der Waals surface area contributed by atoms with Gasteiger partial charge in [-0.3, -0.25) is 4.90 Å². The Morgan fingerprint density at radius 1 is 1.27 bits per heavy atom. The molecule has 22 heavy (non-hydrogen) atoms. The van der Waals surface area contributed by atoms with Crippen molar-refractivity contribution in [1.29, 1.82) is 0 Å². The van der Waals surface area contributed by atoms with Crippen LogP contribution in [0.25, 0.3) is 0 Å². The first-order chi connectivity index (χ1) is 10.2. The molecule has 1 aromatic carbocycles. The Bertz CT molecular complexity index is 515. The summed E-state index contributed by atoms with van der Waals surface area (Å²) in [5.41, 5.74) is -0.814. The van der Waals surface area contributed by atoms with E-state index >= 15 is 0 Å². The first kappa shape index (κ1) is 16.7. The van der Waals surface area contributed by atoms with Crippen LogP contribution in [0, 0.1) is 0 Å². The van der Waals surface area contributed by atoms with E-state index in [2.05, 4.69) is 5.32 Å². The summed E-state index contributed by atoms with van der Waals surface area (Å²) in [7, 11) is 0. The van der Waals surface area contributed by atoms with Crippen LogP contribution in [0.2, 0.25) is 0 Å². The topological polar surface area (TPSA) is 41.6 Å². The number of hydrogen-bond acceptors (Lipinski definition) is 3. The van der Waals surface area contributed by atoms with Crippen LogP contribution in [0.1, 0.15) is 26.3 Å². The van der Waals surface area contributed by atoms with Crippen molar-refractivity contribution in [2.75, 3.05) is 19.6 Å². The van der Waals surface area contributed by atoms with Gasteiger partial charge in [-0.2, -0.15) is 8.78 Å². The lowest BCUT2D eigenvalue weighted by molar-refractivity contribution is -0.0961. The zero-order valence-electron chi connectivity index (χ0n) is 13.1. The maximum Gasteiger partial charge on any atom is 0.410 e. The second-order valence-electron chi connectivity index (χ2n) is 6.38. The third-order valence-electron chi connectivity index (χ3n) is 3.45. The first-order valence-corrected chi connectivity index (χ1v) is 7.35. The summed E-state index contributed by atoms with van der Waals surface area (Å²) in [6.07, 6.45) is -0.699. The minimum Gasteiger partial charge on any atom is -0.444 e. The molecular weight excluding hydrogens is 290 g/mol. The number of benzene rings is 1. The van der Waals surface area contributed by atoms with Crippen molar-refractivity contribution in [3.63, 3.8) is 0 Å². The molecule has 0 radical (unpaired) electrons. The molecule has 2 rings (SSSR count). The van der Waals surface area contributed by atoms with Gasteiger partial charge >= 0.3 is 6.09 Å². The average Bonchev–Trinajstić information content (AvgIpc) is 2.46. The minimum absolute atomic E-state index is 0.0289. The molecule has 122 valence electrons. The summed E-state index contributed by atoms with van der Waals surface area (Å²) in [5.74, 6) is -3.15. The smallest absolute Gasteiger partial charge is 0.410 e. The van der Waals surface area contributed by atoms with E-state index in [0.29, 0.717) is 6.54 Å². The third kappa shape index (κ3) is 3.74. The molecule has 1 fully saturated rings. The van der Waals surface area contributed by atoms with Gasteiger partial charge in [0.2, 0.25) is 0 Å². The normalized spacial score (nSPS) is 19.9. The van der Waals surface area contributed by atoms with Crippen LogP contribution < -0.4 is 5.32 Å². The predicted octanol–water partition coefficient (Wildman–Crippen LogP) is 2.99. The van der Waals surface area contributed by atoms with Crippen molar-refractivity contribution in [3.05, 3.63) is 35.9 Å². The molecule has 1 N–H and O–H groups in total. The lowest BCUT2D eigenvalue weighted by Gasteiger charge is -2.40. The van der Waals surface area contributed by atoms with E-state index in [4.69, 9.17) is 4.74 Å². The highest BCUT2D eigenvalue weighted by atomic mass is 19.3. The van der Waals surface area contributed by atoms with E-state index in [1.54, 1.807) is 39.0 Å². The van der Waals surface area contributed by atoms with Gasteiger partial charge in [-0.25, -0.2) is 4.79 Å². The van der Waals surface area contributed by atoms with Crippen LogP contribution in [-0.4, -0.2) is 42.3 Å². The summed E-state index contributed by atoms with van der Waals surface area (Å²) in [5, 5.41) is 2.93. The fraction of sp³-hybridized carbons (Fsp3) is 0.562. The van der Waals surface area contributed by atoms with Crippen LogP contribution in [0.4, 0.5) is 13.6 Å². The first-order valence-electron chi connectivity index (χ1n) is 7.35. The maximum absolute atomic E-state index is 14.8. The second kappa shape index (κ2) is 6.20. The lowest BCUT2D eigenvalue weighted by atomic mass is 9.98. The van der Waals surface area contributed by atoms with Gasteiger partial charge < -0.3 is 10.1 Å². The molecule has 4 nitrogen and oxygen atoms in total. The quantitative estimate of drug-likeness (QED) is 0.913. The number of nitrogens with zero attached hydrogens (tertiary/aromatic N) is 1. The van der Waals surface area contributed by atoms with E-state index < -0.39 is 23.7 Å². The van der Waals surface area contributed by atoms with Crippen LogP contribution in [0.15, 0.2) is 30.3 Å². The molecule has 0 spiro atoms. The van der Waals surface area contributed by atoms with Crippen molar-refractivity contribution >= 4 is 6.09 Å². The Morgan fingerprint density at radius 2 is 1.91 bits per heavy atom. The molecule has 1 amide bonds. The Kier molecular flexibility index (Phi) is 4.70. The van der Waals surface area contributed by atoms with Gasteiger partial charge in [0.25, 0.3) is 5.92 Å². The summed E-state index contributed by atoms with van der Waals surface area (Å²) >= 11 is 0. The summed E-state index contributed by atoms with van der Waals surface area (Å²) < 4.78 is 34.9. The van der Waals surface area contributed by atoms with Gasteiger partial charge in [0.15, 0.2) is 0 Å². The van der Waals surface area contributed by atoms with Crippen molar-refractivity contribution < 1.29 is 18.3 Å². The van der Waals surface area contributed by atoms with Crippen molar-refractivity contribution in [1.82, 2.24) is 10.2 Å². The summed E-state index contributed by atoms with van der Waals surface area (Å²) in [6, 6.07) is 6.31. The number of nitrogens with one attached hydrogen (secondary N) is 1. The molecule has 6 heteroatoms. The van der Waals surface area contributed by atoms with Gasteiger partial charge in [0, 0.05) is 25.2 Å². The highest BCUT2D eigenvalue weighted by Gasteiger charge is 2.48. The molecule has 0 aromatic heterocycles. The van der Waals surface area contributed by atoms with Gasteiger partial charge in [-0.1, -0.05) is 30.3 Å². The van der Waals surface area contributed by atoms with Crippen LogP contribution >= 0.6 is 0 Å². The summed E-state index contributed by atoms with van der Waals surface area (Å²) in [6.45, 7) is 5.86. The number of piperazine rings is 1. The van der Waals surface area contributed by atoms with Gasteiger partial charge in [-0.15, -0.1) is 0 Å². The van der Waals surface area contributed by atoms with Crippen LogP contribution in [-0.2, 0) is 10.7 Å². The number of halogens is 2. The Labute approximate surface area is 129 Å². The van der Waals surface area contributed by atoms with Gasteiger partial charge in [-0.05, 0) is 20.8 Å². The lowest BCUT2D eigenvalue weighted by Crippen LogP contribution is -2.60. The molecule has 1 heterocycles. The number of alkyl halides is 2. The number of carbonyl (C=O) groups is 1. The average molecular weight is 312 g/mol. The van der Waals surface area contributed by atoms with Crippen molar-refractivity contribution in [2.24, 2.45) is 0 Å². The number of ether oxygens (including phenoxy) is 1. The molecule has 1 aromatic rings. The second-order valence-corrected chi connectivity index (χ2v) is 6.38. The predicted molar refractivity (Wildman–Crippen MR) is 79.9 cm³/mol. The number of amides is 1. The highest BCUT2D eigenvalue weighted by molar-refractivity contribution is 5.69. The van der Waals surface area contributed by atoms with Crippen molar-refractivity contribution in [3.8, 4) is 0 Å². The Hall–Kier alpha value is -1.69. The van der Waals surface area contributed by atoms with Crippen LogP contribution in [0.5, 0.6) is 0 Å². The van der Waals surface area contributed by atoms with E-state index in [1.165, 1.54) is 12.1 Å². The highest BCUT2D eigenvalue weighted by Crippen LogP contribution is 2.35. The SMILES string of the molecule is CC(C)(C)OC(=O)N1CCNCC1C(F)(F)c1ccccc1. The third-order valence-corrected chi connectivity index (χ3v) is 3.45. The molecule has 1 aliphatic rings. The van der Waals surface area contributed by atoms with E-state index in [-0.39, 0.29) is 18.7 Å². The zero-order valence-corrected chi connectivity index (χ0v) is 13.1. The largest absolute Gasteiger partial charge is 0.444 e. The van der Waals surface area contributed by atoms with E-state index in [9.17, 15) is 13.6 Å². The van der Waals surface area contributed by atoms with E-state index in [1.807, 2.05) is 0 Å². The van der Waals surface area contributed by atoms with Gasteiger partial charge in [0.1, 0.15) is 11.6 Å². The fourth-order valence-electron chi connectivity index (χ4n) is 2.42. The monoisotopic (exact) mass is 312 g/mol. The molecule has 1 atom stereocenters. The van der Waals surface area contributed by atoms with Gasteiger partial charge in [0.05, 0.1) is 0 Å². The Morgan fingerprint density at radius 3 is 2.50 bits per heavy atom. The van der Waals surface area contributed by atoms with E-state index in [0.717, 1.165) is 4.90 Å². The molecule has 1 saturated heterocycles. The number of carbonyl (C=O) groups excluding carboxylic acids is 1. The van der Waals surface area contributed by atoms with Crippen LogP contribution in [0.3, 0.4) is 0 Å². The molecule has 1 unspecified atom stereocenters. The number of rotatable bonds is 2. The molecule has 1 aliphatic heterocycles. The molecular formula is C16H22F2N2O2. The minimum atomic E-state index is -3.15.